The van der Waals surface area contributed by atoms with Gasteiger partial charge in [0.15, 0.2) is 0 Å². The van der Waals surface area contributed by atoms with Gasteiger partial charge in [-0.3, -0.25) is 4.98 Å². The molecule has 0 aliphatic rings. The molecule has 0 unspecified atom stereocenters. The van der Waals surface area contributed by atoms with Crippen LogP contribution in [0, 0.1) is 13.8 Å². The molecule has 0 atom stereocenters. The second-order valence-corrected chi connectivity index (χ2v) is 6.65. The third-order valence-corrected chi connectivity index (χ3v) is 4.75. The fourth-order valence-corrected chi connectivity index (χ4v) is 3.58. The Hall–Kier alpha value is -3.19. The van der Waals surface area contributed by atoms with Crippen LogP contribution in [-0.4, -0.2) is 4.98 Å². The predicted molar refractivity (Wildman–Crippen MR) is 110 cm³/mol. The van der Waals surface area contributed by atoms with E-state index in [9.17, 15) is 0 Å². The molecule has 0 aliphatic heterocycles. The number of aromatic nitrogens is 1. The average Bonchev–Trinajstić information content (AvgIpc) is 2.69. The first kappa shape index (κ1) is 16.3. The zero-order valence-electron chi connectivity index (χ0n) is 15.1. The van der Waals surface area contributed by atoms with Crippen molar-refractivity contribution in [3.8, 4) is 33.5 Å². The summed E-state index contributed by atoms with van der Waals surface area (Å²) >= 11 is 0. The van der Waals surface area contributed by atoms with Crippen LogP contribution in [0.5, 0.6) is 0 Å². The van der Waals surface area contributed by atoms with Gasteiger partial charge >= 0.3 is 0 Å². The van der Waals surface area contributed by atoms with Crippen molar-refractivity contribution in [2.24, 2.45) is 0 Å². The van der Waals surface area contributed by atoms with Gasteiger partial charge in [-0.2, -0.15) is 0 Å². The summed E-state index contributed by atoms with van der Waals surface area (Å²) in [5, 5.41) is 0. The highest BCUT2D eigenvalue weighted by atomic mass is 14.7. The Balaban J connectivity index is 1.79. The van der Waals surface area contributed by atoms with Crippen molar-refractivity contribution >= 4 is 0 Å². The lowest BCUT2D eigenvalue weighted by atomic mass is 9.90. The van der Waals surface area contributed by atoms with Crippen LogP contribution in [0.4, 0.5) is 0 Å². The predicted octanol–water partition coefficient (Wildman–Crippen LogP) is 6.70. The molecule has 26 heavy (non-hydrogen) atoms. The van der Waals surface area contributed by atoms with Crippen molar-refractivity contribution in [2.75, 3.05) is 0 Å². The maximum atomic E-state index is 4.48. The molecule has 0 N–H and O–H groups in total. The number of benzene rings is 3. The molecule has 0 amide bonds. The summed E-state index contributed by atoms with van der Waals surface area (Å²) in [5.74, 6) is 0. The van der Waals surface area contributed by atoms with Gasteiger partial charge in [-0.25, -0.2) is 0 Å². The SMILES string of the molecule is Cc1cc(-c2ccccc2)cc(C)c1-c1cccc(-c2ccccn2)c1. The minimum Gasteiger partial charge on any atom is -0.256 e. The molecule has 0 saturated heterocycles. The number of hydrogen-bond donors (Lipinski definition) is 0. The van der Waals surface area contributed by atoms with Crippen LogP contribution in [0.3, 0.4) is 0 Å². The van der Waals surface area contributed by atoms with Gasteiger partial charge in [0.25, 0.3) is 0 Å². The number of aryl methyl sites for hydroxylation is 2. The summed E-state index contributed by atoms with van der Waals surface area (Å²) in [6.07, 6.45) is 1.84. The van der Waals surface area contributed by atoms with E-state index in [0.717, 1.165) is 11.3 Å². The first-order chi connectivity index (χ1) is 12.7. The van der Waals surface area contributed by atoms with E-state index in [4.69, 9.17) is 0 Å². The number of nitrogens with zero attached hydrogens (tertiary/aromatic N) is 1. The Morgan fingerprint density at radius 3 is 1.88 bits per heavy atom. The third kappa shape index (κ3) is 3.16. The Bertz CT molecular complexity index is 1010. The number of hydrogen-bond acceptors (Lipinski definition) is 1. The van der Waals surface area contributed by atoms with Crippen LogP contribution in [0.15, 0.2) is 91.1 Å². The molecule has 0 radical (unpaired) electrons. The summed E-state index contributed by atoms with van der Waals surface area (Å²) in [5.41, 5.74) is 9.81. The molecule has 1 nitrogen and oxygen atoms in total. The van der Waals surface area contributed by atoms with Gasteiger partial charge in [0.1, 0.15) is 0 Å². The largest absolute Gasteiger partial charge is 0.256 e. The van der Waals surface area contributed by atoms with Gasteiger partial charge < -0.3 is 0 Å². The number of pyridine rings is 1. The van der Waals surface area contributed by atoms with Gasteiger partial charge in [0, 0.05) is 11.8 Å². The van der Waals surface area contributed by atoms with Crippen LogP contribution < -0.4 is 0 Å². The lowest BCUT2D eigenvalue weighted by Gasteiger charge is -2.14. The summed E-state index contributed by atoms with van der Waals surface area (Å²) < 4.78 is 0. The topological polar surface area (TPSA) is 12.9 Å². The van der Waals surface area contributed by atoms with Crippen LogP contribution in [0.25, 0.3) is 33.5 Å². The normalized spacial score (nSPS) is 10.7. The molecular formula is C25H21N. The van der Waals surface area contributed by atoms with E-state index in [1.165, 1.54) is 33.4 Å². The Morgan fingerprint density at radius 2 is 1.19 bits per heavy atom. The molecule has 1 heteroatoms. The second kappa shape index (κ2) is 6.97. The van der Waals surface area contributed by atoms with Crippen molar-refractivity contribution in [1.82, 2.24) is 4.98 Å². The lowest BCUT2D eigenvalue weighted by Crippen LogP contribution is -1.91. The standard InChI is InChI=1S/C25H21N/c1-18-15-23(20-9-4-3-5-10-20)16-19(2)25(18)22-12-8-11-21(17-22)24-13-6-7-14-26-24/h3-17H,1-2H3. The minimum absolute atomic E-state index is 1.01. The molecule has 3 aromatic carbocycles. The van der Waals surface area contributed by atoms with E-state index in [2.05, 4.69) is 91.6 Å². The summed E-state index contributed by atoms with van der Waals surface area (Å²) in [7, 11) is 0. The van der Waals surface area contributed by atoms with Crippen molar-refractivity contribution in [2.45, 2.75) is 13.8 Å². The zero-order chi connectivity index (χ0) is 17.9. The molecule has 4 aromatic rings. The summed E-state index contributed by atoms with van der Waals surface area (Å²) in [4.78, 5) is 4.48. The molecular weight excluding hydrogens is 314 g/mol. The summed E-state index contributed by atoms with van der Waals surface area (Å²) in [6, 6.07) is 29.8. The van der Waals surface area contributed by atoms with Crippen LogP contribution in [-0.2, 0) is 0 Å². The van der Waals surface area contributed by atoms with Crippen LogP contribution >= 0.6 is 0 Å². The van der Waals surface area contributed by atoms with E-state index in [-0.39, 0.29) is 0 Å². The first-order valence-electron chi connectivity index (χ1n) is 8.91. The zero-order valence-corrected chi connectivity index (χ0v) is 15.1. The molecule has 0 aliphatic carbocycles. The first-order valence-corrected chi connectivity index (χ1v) is 8.91. The van der Waals surface area contributed by atoms with E-state index < -0.39 is 0 Å². The molecule has 1 aromatic heterocycles. The van der Waals surface area contributed by atoms with Gasteiger partial charge in [0.05, 0.1) is 5.69 Å². The molecule has 0 spiro atoms. The van der Waals surface area contributed by atoms with Gasteiger partial charge in [-0.1, -0.05) is 66.7 Å². The minimum atomic E-state index is 1.01. The van der Waals surface area contributed by atoms with E-state index >= 15 is 0 Å². The molecule has 1 heterocycles. The van der Waals surface area contributed by atoms with E-state index in [1.54, 1.807) is 0 Å². The maximum Gasteiger partial charge on any atom is 0.0702 e. The maximum absolute atomic E-state index is 4.48. The Labute approximate surface area is 155 Å². The van der Waals surface area contributed by atoms with Gasteiger partial charge in [0.2, 0.25) is 0 Å². The fraction of sp³-hybridized carbons (Fsp3) is 0.0800. The molecule has 0 fully saturated rings. The van der Waals surface area contributed by atoms with Crippen molar-refractivity contribution in [1.29, 1.82) is 0 Å². The summed E-state index contributed by atoms with van der Waals surface area (Å²) in [6.45, 7) is 4.39. The molecule has 126 valence electrons. The molecule has 0 saturated carbocycles. The smallest absolute Gasteiger partial charge is 0.0702 e. The van der Waals surface area contributed by atoms with E-state index in [1.807, 2.05) is 18.3 Å². The highest BCUT2D eigenvalue weighted by Crippen LogP contribution is 2.33. The van der Waals surface area contributed by atoms with Crippen LogP contribution in [0.2, 0.25) is 0 Å². The quantitative estimate of drug-likeness (QED) is 0.406. The number of rotatable bonds is 3. The highest BCUT2D eigenvalue weighted by molar-refractivity contribution is 5.79. The monoisotopic (exact) mass is 335 g/mol. The lowest BCUT2D eigenvalue weighted by molar-refractivity contribution is 1.32. The van der Waals surface area contributed by atoms with Crippen LogP contribution in [0.1, 0.15) is 11.1 Å². The second-order valence-electron chi connectivity index (χ2n) is 6.65. The van der Waals surface area contributed by atoms with Gasteiger partial charge in [-0.05, 0) is 65.4 Å². The molecule has 4 rings (SSSR count). The average molecular weight is 335 g/mol. The highest BCUT2D eigenvalue weighted by Gasteiger charge is 2.10. The van der Waals surface area contributed by atoms with Crippen molar-refractivity contribution in [3.05, 3.63) is 102 Å². The third-order valence-electron chi connectivity index (χ3n) is 4.75. The van der Waals surface area contributed by atoms with Crippen molar-refractivity contribution in [3.63, 3.8) is 0 Å². The Morgan fingerprint density at radius 1 is 0.538 bits per heavy atom. The Kier molecular flexibility index (Phi) is 4.37. The molecule has 0 bridgehead atoms. The van der Waals surface area contributed by atoms with E-state index in [0.29, 0.717) is 0 Å². The fourth-order valence-electron chi connectivity index (χ4n) is 3.58. The van der Waals surface area contributed by atoms with Gasteiger partial charge in [-0.15, -0.1) is 0 Å². The van der Waals surface area contributed by atoms with Crippen molar-refractivity contribution < 1.29 is 0 Å².